The molecule has 0 fully saturated rings. The minimum absolute atomic E-state index is 0.154. The van der Waals surface area contributed by atoms with Crippen molar-refractivity contribution in [3.63, 3.8) is 0 Å². The van der Waals surface area contributed by atoms with Gasteiger partial charge in [0, 0.05) is 0 Å². The van der Waals surface area contributed by atoms with Gasteiger partial charge in [0.25, 0.3) is 5.91 Å². The second kappa shape index (κ2) is 8.85. The number of nitrogens with one attached hydrogen (secondary N) is 1. The fourth-order valence-corrected chi connectivity index (χ4v) is 2.70. The summed E-state index contributed by atoms with van der Waals surface area (Å²) in [5.41, 5.74) is 0.924. The van der Waals surface area contributed by atoms with Crippen LogP contribution in [0.25, 0.3) is 10.8 Å². The quantitative estimate of drug-likeness (QED) is 0.653. The van der Waals surface area contributed by atoms with Crippen LogP contribution >= 0.6 is 0 Å². The van der Waals surface area contributed by atoms with Gasteiger partial charge in [-0.2, -0.15) is 0 Å². The molecule has 1 atom stereocenters. The van der Waals surface area contributed by atoms with Gasteiger partial charge in [0.15, 0.2) is 6.61 Å². The average molecular weight is 363 g/mol. The minimum Gasteiger partial charge on any atom is -0.484 e. The Morgan fingerprint density at radius 1 is 0.926 bits per heavy atom. The van der Waals surface area contributed by atoms with E-state index in [0.29, 0.717) is 5.75 Å². The number of ether oxygens (including phenoxy) is 2. The van der Waals surface area contributed by atoms with Crippen LogP contribution in [0, 0.1) is 0 Å². The minimum atomic E-state index is -0.758. The van der Waals surface area contributed by atoms with Gasteiger partial charge >= 0.3 is 5.97 Å². The van der Waals surface area contributed by atoms with Crippen molar-refractivity contribution >= 4 is 22.6 Å². The summed E-state index contributed by atoms with van der Waals surface area (Å²) in [7, 11) is 0. The number of rotatable bonds is 7. The SMILES string of the molecule is C[C@H](NC(=O)COc1ccccc1)C(=O)OCc1cccc2ccccc12. The lowest BCUT2D eigenvalue weighted by Gasteiger charge is -2.14. The van der Waals surface area contributed by atoms with E-state index in [9.17, 15) is 9.59 Å². The molecule has 0 spiro atoms. The molecule has 5 heteroatoms. The van der Waals surface area contributed by atoms with Crippen molar-refractivity contribution in [2.45, 2.75) is 19.6 Å². The van der Waals surface area contributed by atoms with Crippen molar-refractivity contribution in [1.29, 1.82) is 0 Å². The largest absolute Gasteiger partial charge is 0.484 e. The summed E-state index contributed by atoms with van der Waals surface area (Å²) in [5.74, 6) is -0.275. The lowest BCUT2D eigenvalue weighted by atomic mass is 10.1. The van der Waals surface area contributed by atoms with Crippen LogP contribution in [0.4, 0.5) is 0 Å². The Kier molecular flexibility index (Phi) is 6.05. The number of fused-ring (bicyclic) bond motifs is 1. The number of benzene rings is 3. The molecule has 0 bridgehead atoms. The summed E-state index contributed by atoms with van der Waals surface area (Å²) in [6.45, 7) is 1.58. The predicted molar refractivity (Wildman–Crippen MR) is 103 cm³/mol. The molecule has 0 saturated heterocycles. The third-order valence-corrected chi connectivity index (χ3v) is 4.09. The van der Waals surface area contributed by atoms with Crippen LogP contribution in [0.15, 0.2) is 72.8 Å². The molecule has 0 aliphatic rings. The van der Waals surface area contributed by atoms with Crippen molar-refractivity contribution in [3.8, 4) is 5.75 Å². The molecule has 3 rings (SSSR count). The summed E-state index contributed by atoms with van der Waals surface area (Å²) >= 11 is 0. The molecule has 3 aromatic carbocycles. The number of hydrogen-bond donors (Lipinski definition) is 1. The molecule has 0 aromatic heterocycles. The third kappa shape index (κ3) is 5.07. The highest BCUT2D eigenvalue weighted by Crippen LogP contribution is 2.19. The number of para-hydroxylation sites is 1. The van der Waals surface area contributed by atoms with Crippen molar-refractivity contribution < 1.29 is 19.1 Å². The van der Waals surface area contributed by atoms with Gasteiger partial charge < -0.3 is 14.8 Å². The topological polar surface area (TPSA) is 64.6 Å². The molecule has 27 heavy (non-hydrogen) atoms. The zero-order valence-electron chi connectivity index (χ0n) is 15.1. The number of esters is 1. The summed E-state index contributed by atoms with van der Waals surface area (Å²) in [6.07, 6.45) is 0. The normalized spacial score (nSPS) is 11.6. The van der Waals surface area contributed by atoms with Gasteiger partial charge in [-0.15, -0.1) is 0 Å². The first kappa shape index (κ1) is 18.5. The lowest BCUT2D eigenvalue weighted by Crippen LogP contribution is -2.41. The molecule has 5 nitrogen and oxygen atoms in total. The van der Waals surface area contributed by atoms with Crippen LogP contribution in [0.5, 0.6) is 5.75 Å². The summed E-state index contributed by atoms with van der Waals surface area (Å²) < 4.78 is 10.7. The maximum Gasteiger partial charge on any atom is 0.328 e. The first-order chi connectivity index (χ1) is 13.1. The van der Waals surface area contributed by atoms with E-state index in [0.717, 1.165) is 16.3 Å². The maximum absolute atomic E-state index is 12.2. The Balaban J connectivity index is 1.49. The summed E-state index contributed by atoms with van der Waals surface area (Å²) in [6, 6.07) is 22.0. The molecule has 0 aliphatic carbocycles. The van der Waals surface area contributed by atoms with E-state index in [1.165, 1.54) is 0 Å². The number of hydrogen-bond acceptors (Lipinski definition) is 4. The van der Waals surface area contributed by atoms with Gasteiger partial charge in [-0.05, 0) is 35.4 Å². The van der Waals surface area contributed by atoms with E-state index in [1.807, 2.05) is 60.7 Å². The molecule has 1 N–H and O–H groups in total. The molecule has 1 amide bonds. The summed E-state index contributed by atoms with van der Waals surface area (Å²) in [4.78, 5) is 24.1. The maximum atomic E-state index is 12.2. The van der Waals surface area contributed by atoms with Crippen LogP contribution in [0.2, 0.25) is 0 Å². The fraction of sp³-hybridized carbons (Fsp3) is 0.182. The van der Waals surface area contributed by atoms with Crippen molar-refractivity contribution in [2.75, 3.05) is 6.61 Å². The number of carbonyl (C=O) groups excluding carboxylic acids is 2. The van der Waals surface area contributed by atoms with Gasteiger partial charge in [0.2, 0.25) is 0 Å². The molecular weight excluding hydrogens is 342 g/mol. The van der Waals surface area contributed by atoms with Crippen molar-refractivity contribution in [1.82, 2.24) is 5.32 Å². The first-order valence-corrected chi connectivity index (χ1v) is 8.74. The highest BCUT2D eigenvalue weighted by molar-refractivity contribution is 5.87. The Morgan fingerprint density at radius 2 is 1.63 bits per heavy atom. The number of carbonyl (C=O) groups is 2. The van der Waals surface area contributed by atoms with E-state index in [4.69, 9.17) is 9.47 Å². The highest BCUT2D eigenvalue weighted by atomic mass is 16.5. The smallest absolute Gasteiger partial charge is 0.328 e. The zero-order chi connectivity index (χ0) is 19.1. The van der Waals surface area contributed by atoms with Crippen LogP contribution in [-0.2, 0) is 20.9 Å². The van der Waals surface area contributed by atoms with Gasteiger partial charge in [0.1, 0.15) is 18.4 Å². The van der Waals surface area contributed by atoms with Gasteiger partial charge in [-0.25, -0.2) is 4.79 Å². The van der Waals surface area contributed by atoms with Crippen LogP contribution < -0.4 is 10.1 Å². The lowest BCUT2D eigenvalue weighted by molar-refractivity contribution is -0.148. The molecule has 0 unspecified atom stereocenters. The summed E-state index contributed by atoms with van der Waals surface area (Å²) in [5, 5.41) is 4.72. The van der Waals surface area contributed by atoms with Gasteiger partial charge in [-0.3, -0.25) is 4.79 Å². The van der Waals surface area contributed by atoms with Crippen LogP contribution in [0.3, 0.4) is 0 Å². The van der Waals surface area contributed by atoms with Crippen LogP contribution in [0.1, 0.15) is 12.5 Å². The Hall–Kier alpha value is -3.34. The van der Waals surface area contributed by atoms with E-state index < -0.39 is 12.0 Å². The molecular formula is C22H21NO4. The van der Waals surface area contributed by atoms with Crippen molar-refractivity contribution in [3.05, 3.63) is 78.4 Å². The zero-order valence-corrected chi connectivity index (χ0v) is 15.1. The first-order valence-electron chi connectivity index (χ1n) is 8.74. The number of amides is 1. The second-order valence-electron chi connectivity index (χ2n) is 6.14. The van der Waals surface area contributed by atoms with E-state index in [1.54, 1.807) is 19.1 Å². The van der Waals surface area contributed by atoms with Crippen LogP contribution in [-0.4, -0.2) is 24.5 Å². The average Bonchev–Trinajstić information content (AvgIpc) is 2.71. The predicted octanol–water partition coefficient (Wildman–Crippen LogP) is 3.47. The molecule has 3 aromatic rings. The fourth-order valence-electron chi connectivity index (χ4n) is 2.70. The Bertz CT molecular complexity index is 919. The monoisotopic (exact) mass is 363 g/mol. The molecule has 0 saturated carbocycles. The molecule has 138 valence electrons. The van der Waals surface area contributed by atoms with E-state index in [2.05, 4.69) is 5.32 Å². The Morgan fingerprint density at radius 3 is 2.44 bits per heavy atom. The Labute approximate surface area is 157 Å². The van der Waals surface area contributed by atoms with E-state index in [-0.39, 0.29) is 19.1 Å². The van der Waals surface area contributed by atoms with Crippen molar-refractivity contribution in [2.24, 2.45) is 0 Å². The molecule has 0 radical (unpaired) electrons. The van der Waals surface area contributed by atoms with Gasteiger partial charge in [-0.1, -0.05) is 60.7 Å². The second-order valence-corrected chi connectivity index (χ2v) is 6.14. The molecule has 0 heterocycles. The van der Waals surface area contributed by atoms with E-state index >= 15 is 0 Å². The highest BCUT2D eigenvalue weighted by Gasteiger charge is 2.17. The third-order valence-electron chi connectivity index (χ3n) is 4.09. The van der Waals surface area contributed by atoms with Gasteiger partial charge in [0.05, 0.1) is 0 Å². The molecule has 0 aliphatic heterocycles. The standard InChI is InChI=1S/C22H21NO4/c1-16(23-21(24)15-26-19-11-3-2-4-12-19)22(25)27-14-18-10-7-9-17-8-5-6-13-20(17)18/h2-13,16H,14-15H2,1H3,(H,23,24)/t16-/m0/s1.